The minimum atomic E-state index is -1.77. The van der Waals surface area contributed by atoms with Crippen molar-refractivity contribution >= 4 is 0 Å². The van der Waals surface area contributed by atoms with Gasteiger partial charge < -0.3 is 124 Å². The van der Waals surface area contributed by atoms with Crippen LogP contribution in [-0.2, 0) is 52.1 Å². The van der Waals surface area contributed by atoms with Crippen molar-refractivity contribution < 1.29 is 124 Å². The second kappa shape index (κ2) is 18.5. The summed E-state index contributed by atoms with van der Waals surface area (Å²) in [6.45, 7) is -4.00. The largest absolute Gasteiger partial charge is 0.394 e. The number of hydrogen-bond donors (Lipinski definition) is 14. The van der Waals surface area contributed by atoms with Crippen molar-refractivity contribution in [3.63, 3.8) is 0 Å². The van der Waals surface area contributed by atoms with E-state index in [1.165, 1.54) is 0 Å². The Morgan fingerprint density at radius 2 is 0.691 bits per heavy atom. The van der Waals surface area contributed by atoms with Crippen LogP contribution in [0.1, 0.15) is 0 Å². The van der Waals surface area contributed by atoms with Gasteiger partial charge in [0.1, 0.15) is 110 Å². The summed E-state index contributed by atoms with van der Waals surface area (Å²) in [6, 6.07) is 0. The highest BCUT2D eigenvalue weighted by atomic mass is 16.8. The molecule has 6 heterocycles. The number of ether oxygens (including phenoxy) is 11. The van der Waals surface area contributed by atoms with Crippen molar-refractivity contribution in [1.29, 1.82) is 0 Å². The Labute approximate surface area is 311 Å². The van der Waals surface area contributed by atoms with Crippen molar-refractivity contribution in [2.45, 2.75) is 148 Å². The summed E-state index contributed by atoms with van der Waals surface area (Å²) >= 11 is 0. The second-order valence-electron chi connectivity index (χ2n) is 13.9. The molecule has 0 aromatic heterocycles. The van der Waals surface area contributed by atoms with Gasteiger partial charge in [0.05, 0.1) is 39.6 Å². The van der Waals surface area contributed by atoms with Gasteiger partial charge in [0.2, 0.25) is 0 Å². The quantitative estimate of drug-likeness (QED) is 0.0688. The molecule has 6 aliphatic rings. The predicted molar refractivity (Wildman–Crippen MR) is 163 cm³/mol. The van der Waals surface area contributed by atoms with Gasteiger partial charge in [0, 0.05) is 0 Å². The summed E-state index contributed by atoms with van der Waals surface area (Å²) < 4.78 is 61.7. The molecule has 0 radical (unpaired) electrons. The third-order valence-corrected chi connectivity index (χ3v) is 10.3. The Kier molecular flexibility index (Phi) is 14.7. The van der Waals surface area contributed by atoms with Crippen LogP contribution in [0, 0.1) is 0 Å². The number of rotatable bonds is 16. The van der Waals surface area contributed by atoms with E-state index in [1.54, 1.807) is 0 Å². The van der Waals surface area contributed by atoms with E-state index in [0.29, 0.717) is 0 Å². The molecule has 25 nitrogen and oxygen atoms in total. The van der Waals surface area contributed by atoms with Crippen LogP contribution in [0.3, 0.4) is 0 Å². The van der Waals surface area contributed by atoms with Crippen LogP contribution in [0.5, 0.6) is 0 Å². The zero-order valence-electron chi connectivity index (χ0n) is 28.9. The molecule has 0 saturated carbocycles. The maximum absolute atomic E-state index is 11.4. The smallest absolute Gasteiger partial charge is 0.187 e. The standard InChI is InChI=1S/C30H50O25/c31-1-7-13(35)19(41)27(48-7)54-23-16(38)9(3-33)50-29(23)46-6-12-22(21(43)26(52-12)45-5-11-15(37)18(40)25(44)47-11)53-30-24(17(39)10(4-34)51-30)55-28-20(42)14(36)8(2-32)49-28/h7-44H,1-6H2/t7-,8-,9-,10-,11-,12-,13-,14-,15-,16-,17-,18+,19+,20+,21+,22-,23+,24+,25?,26+,27+,28+,29+,30-/m1/s1. The minimum absolute atomic E-state index is 0.546. The fourth-order valence-corrected chi connectivity index (χ4v) is 7.05. The van der Waals surface area contributed by atoms with Gasteiger partial charge in [0.25, 0.3) is 0 Å². The first-order valence-electron chi connectivity index (χ1n) is 17.6. The van der Waals surface area contributed by atoms with Crippen molar-refractivity contribution in [3.05, 3.63) is 0 Å². The van der Waals surface area contributed by atoms with E-state index >= 15 is 0 Å². The molecule has 0 aromatic carbocycles. The average Bonchev–Trinajstić information content (AvgIpc) is 3.96. The topological polar surface area (TPSA) is 385 Å². The predicted octanol–water partition coefficient (Wildman–Crippen LogP) is -10.3. The van der Waals surface area contributed by atoms with Crippen molar-refractivity contribution in [2.75, 3.05) is 39.6 Å². The average molecular weight is 811 g/mol. The maximum atomic E-state index is 11.4. The molecule has 6 aliphatic heterocycles. The highest BCUT2D eigenvalue weighted by Gasteiger charge is 2.56. The SMILES string of the molecule is OC[C@H]1O[C@@H](O[C@@H]2[C@@H](OC[C@H]3O[C@H](OC[C@H]4OC(O)[C@@H](O)[C@@H]4O)[C@@H](O)[C@@H]3O[C@H]3O[C@H](CO)[C@@H](O)[C@@H]3O[C@@H]3O[C@H](CO)[C@@H](O)[C@@H]3O)O[C@H](CO)[C@H]2O)[C@@H](O)[C@@H]1O. The summed E-state index contributed by atoms with van der Waals surface area (Å²) in [4.78, 5) is 0. The summed E-state index contributed by atoms with van der Waals surface area (Å²) in [5, 5.41) is 143. The molecule has 0 aromatic rings. The van der Waals surface area contributed by atoms with Crippen LogP contribution in [0.2, 0.25) is 0 Å². The molecule has 0 amide bonds. The van der Waals surface area contributed by atoms with Gasteiger partial charge in [0.15, 0.2) is 37.7 Å². The molecular formula is C30H50O25. The van der Waals surface area contributed by atoms with Crippen LogP contribution in [0.15, 0.2) is 0 Å². The molecule has 6 rings (SSSR count). The van der Waals surface area contributed by atoms with Gasteiger partial charge in [-0.15, -0.1) is 0 Å². The molecule has 25 heteroatoms. The van der Waals surface area contributed by atoms with E-state index < -0.39 is 187 Å². The van der Waals surface area contributed by atoms with E-state index in [2.05, 4.69) is 0 Å². The second-order valence-corrected chi connectivity index (χ2v) is 13.9. The summed E-state index contributed by atoms with van der Waals surface area (Å²) in [7, 11) is 0. The number of hydrogen-bond acceptors (Lipinski definition) is 25. The number of aliphatic hydroxyl groups is 14. The first kappa shape index (κ1) is 43.6. The lowest BCUT2D eigenvalue weighted by Gasteiger charge is -2.30. The first-order valence-corrected chi connectivity index (χ1v) is 17.6. The summed E-state index contributed by atoms with van der Waals surface area (Å²) in [5.74, 6) is 0. The highest BCUT2D eigenvalue weighted by Crippen LogP contribution is 2.36. The third kappa shape index (κ3) is 8.82. The lowest BCUT2D eigenvalue weighted by Crippen LogP contribution is -2.48. The minimum Gasteiger partial charge on any atom is -0.394 e. The summed E-state index contributed by atoms with van der Waals surface area (Å²) in [5.41, 5.74) is 0. The lowest BCUT2D eigenvalue weighted by atomic mass is 10.1. The van der Waals surface area contributed by atoms with E-state index in [0.717, 1.165) is 0 Å². The van der Waals surface area contributed by atoms with Crippen LogP contribution < -0.4 is 0 Å². The van der Waals surface area contributed by atoms with E-state index in [-0.39, 0.29) is 0 Å². The van der Waals surface area contributed by atoms with Gasteiger partial charge in [-0.25, -0.2) is 0 Å². The first-order chi connectivity index (χ1) is 26.2. The molecule has 0 spiro atoms. The summed E-state index contributed by atoms with van der Waals surface area (Å²) in [6.07, 6.45) is -36.9. The molecule has 14 N–H and O–H groups in total. The number of aliphatic hydroxyl groups excluding tert-OH is 14. The molecule has 55 heavy (non-hydrogen) atoms. The van der Waals surface area contributed by atoms with Crippen LogP contribution in [-0.4, -0.2) is 259 Å². The Morgan fingerprint density at radius 1 is 0.309 bits per heavy atom. The molecule has 0 aliphatic carbocycles. The maximum Gasteiger partial charge on any atom is 0.187 e. The van der Waals surface area contributed by atoms with Crippen molar-refractivity contribution in [1.82, 2.24) is 0 Å². The molecule has 1 unspecified atom stereocenters. The van der Waals surface area contributed by atoms with Crippen LogP contribution in [0.4, 0.5) is 0 Å². The van der Waals surface area contributed by atoms with Gasteiger partial charge in [-0.1, -0.05) is 0 Å². The van der Waals surface area contributed by atoms with E-state index in [4.69, 9.17) is 52.1 Å². The lowest BCUT2D eigenvalue weighted by molar-refractivity contribution is -0.270. The molecule has 6 saturated heterocycles. The Morgan fingerprint density at radius 3 is 1.16 bits per heavy atom. The van der Waals surface area contributed by atoms with Gasteiger partial charge >= 0.3 is 0 Å². The van der Waals surface area contributed by atoms with Crippen LogP contribution in [0.25, 0.3) is 0 Å². The van der Waals surface area contributed by atoms with Crippen molar-refractivity contribution in [3.8, 4) is 0 Å². The Balaban J connectivity index is 1.18. The van der Waals surface area contributed by atoms with Crippen molar-refractivity contribution in [2.24, 2.45) is 0 Å². The highest BCUT2D eigenvalue weighted by molar-refractivity contribution is 4.97. The van der Waals surface area contributed by atoms with Gasteiger partial charge in [-0.05, 0) is 0 Å². The van der Waals surface area contributed by atoms with E-state index in [1.807, 2.05) is 0 Å². The fourth-order valence-electron chi connectivity index (χ4n) is 7.05. The molecule has 6 fully saturated rings. The van der Waals surface area contributed by atoms with E-state index in [9.17, 15) is 71.5 Å². The zero-order valence-corrected chi connectivity index (χ0v) is 28.9. The monoisotopic (exact) mass is 810 g/mol. The normalized spacial score (nSPS) is 52.9. The third-order valence-electron chi connectivity index (χ3n) is 10.3. The zero-order chi connectivity index (χ0) is 39.9. The Hall–Kier alpha value is -1.00. The molecule has 0 bridgehead atoms. The molecule has 320 valence electrons. The van der Waals surface area contributed by atoms with Gasteiger partial charge in [-0.2, -0.15) is 0 Å². The van der Waals surface area contributed by atoms with Gasteiger partial charge in [-0.3, -0.25) is 0 Å². The molecular weight excluding hydrogens is 760 g/mol. The Bertz CT molecular complexity index is 1210. The fraction of sp³-hybridized carbons (Fsp3) is 1.00. The van der Waals surface area contributed by atoms with Crippen LogP contribution >= 0.6 is 0 Å². The molecule has 24 atom stereocenters.